The molecule has 48 heavy (non-hydrogen) atoms. The normalized spacial score (nSPS) is 13.4. The Balaban J connectivity index is 1.31. The average molecular weight is 615 g/mol. The predicted octanol–water partition coefficient (Wildman–Crippen LogP) is 11.6. The summed E-state index contributed by atoms with van der Waals surface area (Å²) in [4.78, 5) is 0. The first-order valence-electron chi connectivity index (χ1n) is 16.6. The largest absolute Gasteiger partial charge is 0.312 e. The maximum absolute atomic E-state index is 6.98. The number of rotatable bonds is 6. The van der Waals surface area contributed by atoms with E-state index in [0.29, 0.717) is 0 Å². The van der Waals surface area contributed by atoms with Crippen molar-refractivity contribution in [1.82, 2.24) is 5.32 Å². The molecule has 0 saturated carbocycles. The number of fused-ring (bicyclic) bond motifs is 8. The molecule has 0 spiro atoms. The third-order valence-corrected chi connectivity index (χ3v) is 9.91. The van der Waals surface area contributed by atoms with Gasteiger partial charge in [0.15, 0.2) is 0 Å². The van der Waals surface area contributed by atoms with Gasteiger partial charge in [0, 0.05) is 0 Å². The summed E-state index contributed by atoms with van der Waals surface area (Å²) < 4.78 is 0. The summed E-state index contributed by atoms with van der Waals surface area (Å²) in [5.74, 6) is 0. The minimum atomic E-state index is -0.372. The molecule has 0 aliphatic heterocycles. The van der Waals surface area contributed by atoms with E-state index < -0.39 is 0 Å². The molecule has 0 amide bonds. The van der Waals surface area contributed by atoms with Crippen molar-refractivity contribution < 1.29 is 0 Å². The van der Waals surface area contributed by atoms with Gasteiger partial charge in [-0.05, 0) is 93.5 Å². The lowest BCUT2D eigenvalue weighted by molar-refractivity contribution is 0.513. The Labute approximate surface area is 279 Å². The zero-order chi connectivity index (χ0) is 32.0. The van der Waals surface area contributed by atoms with E-state index in [2.05, 4.69) is 163 Å². The quantitative estimate of drug-likeness (QED) is 0.111. The van der Waals surface area contributed by atoms with E-state index in [1.54, 1.807) is 0 Å². The highest BCUT2D eigenvalue weighted by molar-refractivity contribution is 6.17. The van der Waals surface area contributed by atoms with Gasteiger partial charge < -0.3 is 5.73 Å². The molecule has 0 aliphatic carbocycles. The molecule has 0 aromatic heterocycles. The Morgan fingerprint density at radius 2 is 0.917 bits per heavy atom. The van der Waals surface area contributed by atoms with Crippen molar-refractivity contribution in [3.63, 3.8) is 0 Å². The molecule has 9 rings (SSSR count). The van der Waals surface area contributed by atoms with Crippen LogP contribution in [0.5, 0.6) is 0 Å². The van der Waals surface area contributed by atoms with Gasteiger partial charge in [-0.3, -0.25) is 5.32 Å². The van der Waals surface area contributed by atoms with Gasteiger partial charge in [-0.2, -0.15) is 0 Å². The summed E-state index contributed by atoms with van der Waals surface area (Å²) in [7, 11) is 0. The predicted molar refractivity (Wildman–Crippen MR) is 206 cm³/mol. The molecule has 2 atom stereocenters. The fraction of sp³-hybridized carbons (Fsp3) is 0.0435. The fourth-order valence-electron chi connectivity index (χ4n) is 7.60. The first-order valence-corrected chi connectivity index (χ1v) is 16.6. The molecule has 0 aliphatic rings. The third-order valence-electron chi connectivity index (χ3n) is 9.91. The maximum atomic E-state index is 6.98. The topological polar surface area (TPSA) is 38.0 Å². The van der Waals surface area contributed by atoms with Crippen molar-refractivity contribution >= 4 is 70.7 Å². The van der Waals surface area contributed by atoms with Gasteiger partial charge in [-0.1, -0.05) is 164 Å². The van der Waals surface area contributed by atoms with Crippen molar-refractivity contribution in [2.24, 2.45) is 5.73 Å². The molecule has 2 unspecified atom stereocenters. The summed E-state index contributed by atoms with van der Waals surface area (Å²) in [5.41, 5.74) is 10.5. The second kappa shape index (κ2) is 11.8. The van der Waals surface area contributed by atoms with Crippen LogP contribution in [0.25, 0.3) is 70.7 Å². The highest BCUT2D eigenvalue weighted by atomic mass is 15.0. The third kappa shape index (κ3) is 4.82. The first-order chi connectivity index (χ1) is 23.7. The lowest BCUT2D eigenvalue weighted by atomic mass is 9.88. The van der Waals surface area contributed by atoms with Crippen molar-refractivity contribution in [3.05, 3.63) is 187 Å². The molecule has 9 aromatic rings. The molecule has 0 heterocycles. The van der Waals surface area contributed by atoms with Crippen LogP contribution in [0.4, 0.5) is 0 Å². The summed E-state index contributed by atoms with van der Waals surface area (Å²) >= 11 is 0. The molecule has 228 valence electrons. The smallest absolute Gasteiger partial charge is 0.0817 e. The van der Waals surface area contributed by atoms with Crippen molar-refractivity contribution in [2.75, 3.05) is 0 Å². The van der Waals surface area contributed by atoms with Gasteiger partial charge >= 0.3 is 0 Å². The molecular weight excluding hydrogens is 581 g/mol. The Kier molecular flexibility index (Phi) is 6.97. The SMILES string of the molecule is NC(NC(/C=C/c1c2ccccc2cc2c1ccc1ccccc12)c1c2ccccc2cc2c1ccc1ccccc12)c1ccccc1. The minimum Gasteiger partial charge on any atom is -0.312 e. The number of benzene rings is 9. The molecule has 0 bridgehead atoms. The summed E-state index contributed by atoms with van der Waals surface area (Å²) in [6.45, 7) is 0. The van der Waals surface area contributed by atoms with Crippen LogP contribution in [0, 0.1) is 0 Å². The number of nitrogens with one attached hydrogen (secondary N) is 1. The van der Waals surface area contributed by atoms with Crippen LogP contribution in [-0.4, -0.2) is 0 Å². The van der Waals surface area contributed by atoms with Crippen LogP contribution >= 0.6 is 0 Å². The van der Waals surface area contributed by atoms with E-state index in [4.69, 9.17) is 5.73 Å². The zero-order valence-corrected chi connectivity index (χ0v) is 26.5. The van der Waals surface area contributed by atoms with Gasteiger partial charge in [0.25, 0.3) is 0 Å². The zero-order valence-electron chi connectivity index (χ0n) is 26.5. The van der Waals surface area contributed by atoms with Gasteiger partial charge in [0.1, 0.15) is 0 Å². The molecule has 3 N–H and O–H groups in total. The molecule has 2 nitrogen and oxygen atoms in total. The average Bonchev–Trinajstić information content (AvgIpc) is 3.15. The minimum absolute atomic E-state index is 0.190. The van der Waals surface area contributed by atoms with E-state index in [9.17, 15) is 0 Å². The first kappa shape index (κ1) is 28.4. The van der Waals surface area contributed by atoms with Gasteiger partial charge in [0.05, 0.1) is 12.2 Å². The van der Waals surface area contributed by atoms with E-state index >= 15 is 0 Å². The van der Waals surface area contributed by atoms with E-state index in [0.717, 1.165) is 5.56 Å². The molecule has 9 aromatic carbocycles. The fourth-order valence-corrected chi connectivity index (χ4v) is 7.60. The number of nitrogens with two attached hydrogens (primary N) is 1. The molecule has 0 fully saturated rings. The van der Waals surface area contributed by atoms with Crippen LogP contribution in [-0.2, 0) is 0 Å². The second-order valence-corrected chi connectivity index (χ2v) is 12.7. The summed E-state index contributed by atoms with van der Waals surface area (Å²) in [6, 6.07) is 58.7. The Bertz CT molecular complexity index is 2670. The van der Waals surface area contributed by atoms with Gasteiger partial charge in [0.2, 0.25) is 0 Å². The van der Waals surface area contributed by atoms with E-state index in [1.165, 1.54) is 75.8 Å². The van der Waals surface area contributed by atoms with Gasteiger partial charge in [-0.25, -0.2) is 0 Å². The highest BCUT2D eigenvalue weighted by Gasteiger charge is 2.20. The molecule has 2 heteroatoms. The van der Waals surface area contributed by atoms with E-state index in [-0.39, 0.29) is 12.2 Å². The lowest BCUT2D eigenvalue weighted by Crippen LogP contribution is -2.31. The van der Waals surface area contributed by atoms with Crippen LogP contribution in [0.1, 0.15) is 28.9 Å². The highest BCUT2D eigenvalue weighted by Crippen LogP contribution is 2.39. The number of hydrogen-bond acceptors (Lipinski definition) is 2. The Morgan fingerprint density at radius 1 is 0.417 bits per heavy atom. The lowest BCUT2D eigenvalue weighted by Gasteiger charge is -2.25. The van der Waals surface area contributed by atoms with Crippen molar-refractivity contribution in [1.29, 1.82) is 0 Å². The molecule has 0 radical (unpaired) electrons. The Morgan fingerprint density at radius 3 is 1.58 bits per heavy atom. The summed E-state index contributed by atoms with van der Waals surface area (Å²) in [6.07, 6.45) is 4.28. The van der Waals surface area contributed by atoms with Crippen molar-refractivity contribution in [2.45, 2.75) is 12.2 Å². The van der Waals surface area contributed by atoms with E-state index in [1.807, 2.05) is 18.2 Å². The summed E-state index contributed by atoms with van der Waals surface area (Å²) in [5, 5.41) is 18.7. The van der Waals surface area contributed by atoms with Crippen LogP contribution in [0.2, 0.25) is 0 Å². The van der Waals surface area contributed by atoms with Crippen molar-refractivity contribution in [3.8, 4) is 0 Å². The maximum Gasteiger partial charge on any atom is 0.0817 e. The van der Waals surface area contributed by atoms with Gasteiger partial charge in [-0.15, -0.1) is 0 Å². The van der Waals surface area contributed by atoms with Crippen LogP contribution < -0.4 is 11.1 Å². The van der Waals surface area contributed by atoms with Crippen LogP contribution in [0.3, 0.4) is 0 Å². The van der Waals surface area contributed by atoms with Crippen LogP contribution in [0.15, 0.2) is 170 Å². The second-order valence-electron chi connectivity index (χ2n) is 12.7. The Hall–Kier alpha value is -5.80. The standard InChI is InChI=1S/C46H34N2/c47-46(32-14-2-1-3-15-32)48-44(45-38-21-11-7-17-34(38)29-43-36-19-9-5-13-31(36)23-25-41(43)45)27-26-39-37-20-10-6-16-33(37)28-42-35-18-8-4-12-30(35)22-24-40(39)42/h1-29,44,46,48H,47H2/b27-26+. The number of hydrogen-bond donors (Lipinski definition) is 2. The molecular formula is C46H34N2. The monoisotopic (exact) mass is 614 g/mol. The molecule has 0 saturated heterocycles.